The van der Waals surface area contributed by atoms with Crippen LogP contribution in [0.4, 0.5) is 10.1 Å². The number of methoxy groups -OCH3 is 1. The summed E-state index contributed by atoms with van der Waals surface area (Å²) in [6, 6.07) is 7.59. The van der Waals surface area contributed by atoms with E-state index in [2.05, 4.69) is 15.3 Å². The molecule has 4 aromatic rings. The van der Waals surface area contributed by atoms with Gasteiger partial charge in [0.25, 0.3) is 5.56 Å². The Hall–Kier alpha value is -2.84. The van der Waals surface area contributed by atoms with Crippen LogP contribution in [0.15, 0.2) is 47.7 Å². The lowest BCUT2D eigenvalue weighted by Crippen LogP contribution is -2.17. The molecule has 0 amide bonds. The second-order valence-corrected chi connectivity index (χ2v) is 6.63. The molecule has 6 nitrogen and oxygen atoms in total. The number of nitrogens with zero attached hydrogens (tertiary/aromatic N) is 3. The van der Waals surface area contributed by atoms with Gasteiger partial charge in [-0.2, -0.15) is 0 Å². The Kier molecular flexibility index (Phi) is 4.36. The van der Waals surface area contributed by atoms with Gasteiger partial charge in [0.1, 0.15) is 21.7 Å². The summed E-state index contributed by atoms with van der Waals surface area (Å²) >= 11 is 1.30. The van der Waals surface area contributed by atoms with Crippen LogP contribution >= 0.6 is 11.3 Å². The molecule has 0 spiro atoms. The van der Waals surface area contributed by atoms with Crippen LogP contribution in [-0.4, -0.2) is 34.8 Å². The van der Waals surface area contributed by atoms with Crippen molar-refractivity contribution in [2.45, 2.75) is 0 Å². The van der Waals surface area contributed by atoms with Gasteiger partial charge >= 0.3 is 0 Å². The Morgan fingerprint density at radius 2 is 2.04 bits per heavy atom. The van der Waals surface area contributed by atoms with E-state index in [4.69, 9.17) is 4.74 Å². The summed E-state index contributed by atoms with van der Waals surface area (Å²) < 4.78 is 20.1. The summed E-state index contributed by atoms with van der Waals surface area (Å²) in [7, 11) is 1.64. The van der Waals surface area contributed by atoms with E-state index in [0.29, 0.717) is 29.1 Å². The fourth-order valence-electron chi connectivity index (χ4n) is 2.77. The Morgan fingerprint density at radius 3 is 2.81 bits per heavy atom. The molecule has 0 radical (unpaired) electrons. The molecule has 26 heavy (non-hydrogen) atoms. The predicted octanol–water partition coefficient (Wildman–Crippen LogP) is 3.19. The largest absolute Gasteiger partial charge is 0.383 e. The first-order valence-electron chi connectivity index (χ1n) is 7.96. The second-order valence-electron chi connectivity index (χ2n) is 5.63. The van der Waals surface area contributed by atoms with E-state index in [1.54, 1.807) is 25.4 Å². The van der Waals surface area contributed by atoms with E-state index < -0.39 is 0 Å². The highest BCUT2D eigenvalue weighted by Gasteiger charge is 2.16. The highest BCUT2D eigenvalue weighted by atomic mass is 32.1. The standard InChI is InChI=1S/C18H15FN4O2S/c1-25-9-8-20-13-6-7-21-17-14(13)15-16(26-17)18(24)23(10-22-15)12-4-2-11(19)3-5-12/h2-7,10H,8-9H2,1H3,(H,20,21). The van der Waals surface area contributed by atoms with Crippen LogP contribution in [0.25, 0.3) is 26.1 Å². The average molecular weight is 370 g/mol. The molecule has 0 saturated heterocycles. The molecule has 0 aliphatic heterocycles. The van der Waals surface area contributed by atoms with Crippen LogP contribution in [0.3, 0.4) is 0 Å². The molecule has 0 unspecified atom stereocenters. The molecule has 0 saturated carbocycles. The van der Waals surface area contributed by atoms with Gasteiger partial charge in [-0.3, -0.25) is 9.36 Å². The first-order valence-corrected chi connectivity index (χ1v) is 8.78. The summed E-state index contributed by atoms with van der Waals surface area (Å²) in [5.74, 6) is -0.353. The number of benzene rings is 1. The van der Waals surface area contributed by atoms with Crippen LogP contribution in [0, 0.1) is 5.82 Å². The number of ether oxygens (including phenoxy) is 1. The molecule has 0 aliphatic carbocycles. The Labute approximate surface area is 151 Å². The number of anilines is 1. The zero-order valence-corrected chi connectivity index (χ0v) is 14.7. The third-order valence-corrected chi connectivity index (χ3v) is 5.08. The number of fused-ring (bicyclic) bond motifs is 3. The monoisotopic (exact) mass is 370 g/mol. The van der Waals surface area contributed by atoms with Crippen molar-refractivity contribution in [3.63, 3.8) is 0 Å². The third-order valence-electron chi connectivity index (χ3n) is 4.01. The molecule has 0 aliphatic rings. The van der Waals surface area contributed by atoms with Gasteiger partial charge in [-0.05, 0) is 30.3 Å². The molecule has 132 valence electrons. The van der Waals surface area contributed by atoms with Crippen LogP contribution in [-0.2, 0) is 4.74 Å². The number of hydrogen-bond donors (Lipinski definition) is 1. The maximum Gasteiger partial charge on any atom is 0.275 e. The number of nitrogens with one attached hydrogen (secondary N) is 1. The van der Waals surface area contributed by atoms with Crippen molar-refractivity contribution >= 4 is 37.5 Å². The molecule has 1 N–H and O–H groups in total. The van der Waals surface area contributed by atoms with E-state index >= 15 is 0 Å². The molecule has 0 atom stereocenters. The fraction of sp³-hybridized carbons (Fsp3) is 0.167. The van der Waals surface area contributed by atoms with E-state index in [1.807, 2.05) is 6.07 Å². The van der Waals surface area contributed by atoms with Crippen molar-refractivity contribution in [3.8, 4) is 5.69 Å². The Balaban J connectivity index is 1.88. The smallest absolute Gasteiger partial charge is 0.275 e. The van der Waals surface area contributed by atoms with Crippen molar-refractivity contribution in [2.24, 2.45) is 0 Å². The van der Waals surface area contributed by atoms with Gasteiger partial charge < -0.3 is 10.1 Å². The number of rotatable bonds is 5. The lowest BCUT2D eigenvalue weighted by atomic mass is 10.2. The highest BCUT2D eigenvalue weighted by Crippen LogP contribution is 2.34. The topological polar surface area (TPSA) is 69.0 Å². The fourth-order valence-corrected chi connectivity index (χ4v) is 3.83. The third kappa shape index (κ3) is 2.83. The van der Waals surface area contributed by atoms with Crippen molar-refractivity contribution in [1.29, 1.82) is 0 Å². The van der Waals surface area contributed by atoms with Crippen LogP contribution < -0.4 is 10.9 Å². The summed E-state index contributed by atoms with van der Waals surface area (Å²) in [5, 5.41) is 4.12. The van der Waals surface area contributed by atoms with E-state index in [-0.39, 0.29) is 11.4 Å². The molecule has 3 aromatic heterocycles. The minimum atomic E-state index is -0.353. The van der Waals surface area contributed by atoms with Crippen molar-refractivity contribution in [2.75, 3.05) is 25.6 Å². The van der Waals surface area contributed by atoms with Gasteiger partial charge in [-0.25, -0.2) is 14.4 Å². The molecule has 8 heteroatoms. The zero-order chi connectivity index (χ0) is 18.1. The lowest BCUT2D eigenvalue weighted by molar-refractivity contribution is 0.211. The van der Waals surface area contributed by atoms with E-state index in [1.165, 1.54) is 34.4 Å². The first kappa shape index (κ1) is 16.6. The van der Waals surface area contributed by atoms with Gasteiger partial charge in [0.05, 0.1) is 23.2 Å². The molecular formula is C18H15FN4O2S. The van der Waals surface area contributed by atoms with Crippen molar-refractivity contribution in [1.82, 2.24) is 14.5 Å². The van der Waals surface area contributed by atoms with Gasteiger partial charge in [-0.15, -0.1) is 11.3 Å². The Morgan fingerprint density at radius 1 is 1.23 bits per heavy atom. The molecule has 4 rings (SSSR count). The molecule has 1 aromatic carbocycles. The summed E-state index contributed by atoms with van der Waals surface area (Å²) in [6.45, 7) is 1.20. The molecule has 0 fully saturated rings. The SMILES string of the molecule is COCCNc1ccnc2sc3c(=O)n(-c4ccc(F)cc4)cnc3c12. The molecule has 3 heterocycles. The number of hydrogen-bond acceptors (Lipinski definition) is 6. The quantitative estimate of drug-likeness (QED) is 0.547. The lowest BCUT2D eigenvalue weighted by Gasteiger charge is -2.07. The normalized spacial score (nSPS) is 11.3. The molecule has 0 bridgehead atoms. The summed E-state index contributed by atoms with van der Waals surface area (Å²) in [4.78, 5) is 22.5. The van der Waals surface area contributed by atoms with Crippen molar-refractivity contribution in [3.05, 3.63) is 59.0 Å². The maximum atomic E-state index is 13.1. The van der Waals surface area contributed by atoms with E-state index in [0.717, 1.165) is 15.9 Å². The van der Waals surface area contributed by atoms with Gasteiger partial charge in [0.15, 0.2) is 0 Å². The molecular weight excluding hydrogens is 355 g/mol. The summed E-state index contributed by atoms with van der Waals surface area (Å²) in [5.41, 5.74) is 1.84. The highest BCUT2D eigenvalue weighted by molar-refractivity contribution is 7.25. The van der Waals surface area contributed by atoms with Gasteiger partial charge in [-0.1, -0.05) is 0 Å². The number of halogens is 1. The number of thiophene rings is 1. The second kappa shape index (κ2) is 6.81. The average Bonchev–Trinajstić information content (AvgIpc) is 3.04. The predicted molar refractivity (Wildman–Crippen MR) is 101 cm³/mol. The minimum Gasteiger partial charge on any atom is -0.383 e. The van der Waals surface area contributed by atoms with Gasteiger partial charge in [0.2, 0.25) is 0 Å². The Bertz CT molecular complexity index is 1140. The van der Waals surface area contributed by atoms with Crippen molar-refractivity contribution < 1.29 is 9.13 Å². The van der Waals surface area contributed by atoms with Crippen LogP contribution in [0.5, 0.6) is 0 Å². The van der Waals surface area contributed by atoms with Gasteiger partial charge in [0, 0.05) is 25.5 Å². The zero-order valence-electron chi connectivity index (χ0n) is 13.9. The minimum absolute atomic E-state index is 0.201. The number of aromatic nitrogens is 3. The van der Waals surface area contributed by atoms with E-state index in [9.17, 15) is 9.18 Å². The first-order chi connectivity index (χ1) is 12.7. The van der Waals surface area contributed by atoms with Crippen LogP contribution in [0.1, 0.15) is 0 Å². The number of pyridine rings is 1. The maximum absolute atomic E-state index is 13.1. The summed E-state index contributed by atoms with van der Waals surface area (Å²) in [6.07, 6.45) is 3.17. The van der Waals surface area contributed by atoms with Crippen LogP contribution in [0.2, 0.25) is 0 Å².